The Morgan fingerprint density at radius 1 is 0.824 bits per heavy atom. The van der Waals surface area contributed by atoms with Crippen molar-refractivity contribution in [2.75, 3.05) is 0 Å². The first kappa shape index (κ1) is 14.2. The molecule has 0 atom stereocenters. The van der Waals surface area contributed by atoms with Crippen molar-refractivity contribution in [2.45, 2.75) is 72.3 Å². The molecule has 1 aromatic heterocycles. The minimum Gasteiger partial charge on any atom is -0.205 e. The number of nitrogens with zero attached hydrogens (tertiary/aromatic N) is 1. The SMILES string of the molecule is CCCCCCCCC[n+]1cc(C)cc(C)c1. The molecule has 0 saturated carbocycles. The first-order valence-electron chi connectivity index (χ1n) is 7.19. The zero-order valence-electron chi connectivity index (χ0n) is 11.8. The fourth-order valence-corrected chi connectivity index (χ4v) is 2.37. The van der Waals surface area contributed by atoms with Crippen LogP contribution in [0, 0.1) is 13.8 Å². The maximum atomic E-state index is 2.34. The lowest BCUT2D eigenvalue weighted by Gasteiger charge is -2.01. The van der Waals surface area contributed by atoms with Gasteiger partial charge in [0.05, 0.1) is 0 Å². The van der Waals surface area contributed by atoms with Gasteiger partial charge in [0.25, 0.3) is 0 Å². The van der Waals surface area contributed by atoms with E-state index in [4.69, 9.17) is 0 Å². The molecule has 0 spiro atoms. The fraction of sp³-hybridized carbons (Fsp3) is 0.688. The molecule has 0 radical (unpaired) electrons. The average Bonchev–Trinajstić information content (AvgIpc) is 2.26. The summed E-state index contributed by atoms with van der Waals surface area (Å²) in [6.07, 6.45) is 14.2. The Balaban J connectivity index is 2.13. The van der Waals surface area contributed by atoms with Gasteiger partial charge in [0.15, 0.2) is 12.4 Å². The van der Waals surface area contributed by atoms with Gasteiger partial charge in [0, 0.05) is 17.5 Å². The van der Waals surface area contributed by atoms with Gasteiger partial charge >= 0.3 is 0 Å². The van der Waals surface area contributed by atoms with E-state index in [1.165, 1.54) is 62.6 Å². The topological polar surface area (TPSA) is 3.88 Å². The second-order valence-corrected chi connectivity index (χ2v) is 5.25. The summed E-state index contributed by atoms with van der Waals surface area (Å²) in [5, 5.41) is 0. The lowest BCUT2D eigenvalue weighted by Crippen LogP contribution is -2.33. The molecule has 1 heterocycles. The molecule has 1 heteroatoms. The van der Waals surface area contributed by atoms with Gasteiger partial charge in [-0.05, 0) is 26.3 Å². The van der Waals surface area contributed by atoms with E-state index in [9.17, 15) is 0 Å². The zero-order chi connectivity index (χ0) is 12.5. The number of pyridine rings is 1. The predicted octanol–water partition coefficient (Wildman–Crippen LogP) is 4.34. The molecule has 0 aliphatic rings. The zero-order valence-corrected chi connectivity index (χ0v) is 11.8. The maximum absolute atomic E-state index is 2.34. The summed E-state index contributed by atoms with van der Waals surface area (Å²) in [6, 6.07) is 2.24. The maximum Gasteiger partial charge on any atom is 0.171 e. The van der Waals surface area contributed by atoms with Crippen LogP contribution in [0.5, 0.6) is 0 Å². The van der Waals surface area contributed by atoms with Gasteiger partial charge < -0.3 is 0 Å². The van der Waals surface area contributed by atoms with Crippen molar-refractivity contribution in [3.05, 3.63) is 29.6 Å². The molecule has 1 nitrogen and oxygen atoms in total. The Kier molecular flexibility index (Phi) is 6.91. The van der Waals surface area contributed by atoms with Gasteiger partial charge in [-0.1, -0.05) is 39.0 Å². The number of aryl methyl sites for hydroxylation is 3. The summed E-state index contributed by atoms with van der Waals surface area (Å²) in [6.45, 7) is 7.80. The second kappa shape index (κ2) is 8.27. The van der Waals surface area contributed by atoms with Crippen LogP contribution in [0.3, 0.4) is 0 Å². The molecule has 17 heavy (non-hydrogen) atoms. The van der Waals surface area contributed by atoms with Crippen LogP contribution in [0.15, 0.2) is 18.5 Å². The molecule has 96 valence electrons. The third-order valence-electron chi connectivity index (χ3n) is 3.21. The standard InChI is InChI=1S/C16H28N/c1-4-5-6-7-8-9-10-11-17-13-15(2)12-16(3)14-17/h12-14H,4-11H2,1-3H3/q+1. The first-order chi connectivity index (χ1) is 8.22. The number of hydrogen-bond donors (Lipinski definition) is 0. The van der Waals surface area contributed by atoms with Crippen LogP contribution < -0.4 is 4.57 Å². The van der Waals surface area contributed by atoms with Gasteiger partial charge in [-0.3, -0.25) is 0 Å². The predicted molar refractivity (Wildman–Crippen MR) is 74.1 cm³/mol. The Morgan fingerprint density at radius 2 is 1.35 bits per heavy atom. The molecule has 0 unspecified atom stereocenters. The third-order valence-corrected chi connectivity index (χ3v) is 3.21. The summed E-state index contributed by atoms with van der Waals surface area (Å²) >= 11 is 0. The molecule has 0 bridgehead atoms. The molecular formula is C16H28N+. The van der Waals surface area contributed by atoms with E-state index in [-0.39, 0.29) is 0 Å². The summed E-state index contributed by atoms with van der Waals surface area (Å²) in [4.78, 5) is 0. The molecule has 1 rings (SSSR count). The normalized spacial score (nSPS) is 10.8. The van der Waals surface area contributed by atoms with Gasteiger partial charge in [0.1, 0.15) is 6.54 Å². The summed E-state index contributed by atoms with van der Waals surface area (Å²) in [7, 11) is 0. The van der Waals surface area contributed by atoms with Crippen LogP contribution in [0.4, 0.5) is 0 Å². The van der Waals surface area contributed by atoms with Gasteiger partial charge in [-0.25, -0.2) is 4.57 Å². The smallest absolute Gasteiger partial charge is 0.171 e. The summed E-state index contributed by atoms with van der Waals surface area (Å²) in [5.41, 5.74) is 2.74. The van der Waals surface area contributed by atoms with Crippen molar-refractivity contribution in [1.29, 1.82) is 0 Å². The van der Waals surface area contributed by atoms with Crippen LogP contribution in [0.1, 0.15) is 63.0 Å². The Bertz CT molecular complexity index is 297. The molecule has 0 N–H and O–H groups in total. The molecule has 0 saturated heterocycles. The van der Waals surface area contributed by atoms with E-state index >= 15 is 0 Å². The Labute approximate surface area is 107 Å². The van der Waals surface area contributed by atoms with E-state index in [1.54, 1.807) is 0 Å². The number of aromatic nitrogens is 1. The highest BCUT2D eigenvalue weighted by atomic mass is 14.9. The van der Waals surface area contributed by atoms with Crippen molar-refractivity contribution in [3.8, 4) is 0 Å². The highest BCUT2D eigenvalue weighted by Gasteiger charge is 2.02. The molecule has 0 aliphatic carbocycles. The number of unbranched alkanes of at least 4 members (excludes halogenated alkanes) is 6. The second-order valence-electron chi connectivity index (χ2n) is 5.25. The molecule has 0 aromatic carbocycles. The van der Waals surface area contributed by atoms with Crippen molar-refractivity contribution < 1.29 is 4.57 Å². The summed E-state index contributed by atoms with van der Waals surface area (Å²) in [5.74, 6) is 0. The van der Waals surface area contributed by atoms with E-state index in [2.05, 4.69) is 43.8 Å². The van der Waals surface area contributed by atoms with Gasteiger partial charge in [0.2, 0.25) is 0 Å². The lowest BCUT2D eigenvalue weighted by molar-refractivity contribution is -0.698. The first-order valence-corrected chi connectivity index (χ1v) is 7.19. The molecule has 0 fully saturated rings. The van der Waals surface area contributed by atoms with Crippen LogP contribution in [0.25, 0.3) is 0 Å². The quantitative estimate of drug-likeness (QED) is 0.465. The highest BCUT2D eigenvalue weighted by molar-refractivity contribution is 5.11. The van der Waals surface area contributed by atoms with Crippen LogP contribution >= 0.6 is 0 Å². The minimum atomic E-state index is 1.18. The van der Waals surface area contributed by atoms with Gasteiger partial charge in [-0.2, -0.15) is 0 Å². The van der Waals surface area contributed by atoms with Crippen molar-refractivity contribution in [2.24, 2.45) is 0 Å². The fourth-order valence-electron chi connectivity index (χ4n) is 2.37. The van der Waals surface area contributed by atoms with Crippen molar-refractivity contribution in [1.82, 2.24) is 0 Å². The van der Waals surface area contributed by atoms with E-state index in [1.807, 2.05) is 0 Å². The third kappa shape index (κ3) is 6.45. The van der Waals surface area contributed by atoms with E-state index in [0.717, 1.165) is 0 Å². The average molecular weight is 234 g/mol. The highest BCUT2D eigenvalue weighted by Crippen LogP contribution is 2.07. The summed E-state index contributed by atoms with van der Waals surface area (Å²) < 4.78 is 2.34. The Hall–Kier alpha value is -0.850. The van der Waals surface area contributed by atoms with E-state index in [0.29, 0.717) is 0 Å². The van der Waals surface area contributed by atoms with Gasteiger partial charge in [-0.15, -0.1) is 0 Å². The van der Waals surface area contributed by atoms with Crippen molar-refractivity contribution in [3.63, 3.8) is 0 Å². The van der Waals surface area contributed by atoms with Crippen molar-refractivity contribution >= 4 is 0 Å². The number of rotatable bonds is 8. The van der Waals surface area contributed by atoms with Crippen LogP contribution in [-0.2, 0) is 6.54 Å². The Morgan fingerprint density at radius 3 is 1.94 bits per heavy atom. The molecular weight excluding hydrogens is 206 g/mol. The van der Waals surface area contributed by atoms with E-state index < -0.39 is 0 Å². The monoisotopic (exact) mass is 234 g/mol. The molecule has 0 amide bonds. The minimum absolute atomic E-state index is 1.18. The molecule has 0 aliphatic heterocycles. The lowest BCUT2D eigenvalue weighted by atomic mass is 10.1. The molecule has 1 aromatic rings. The number of hydrogen-bond acceptors (Lipinski definition) is 0. The van der Waals surface area contributed by atoms with Crippen LogP contribution in [0.2, 0.25) is 0 Å². The largest absolute Gasteiger partial charge is 0.205 e. The van der Waals surface area contributed by atoms with Crippen LogP contribution in [-0.4, -0.2) is 0 Å².